The fourth-order valence-electron chi connectivity index (χ4n) is 2.15. The van der Waals surface area contributed by atoms with Gasteiger partial charge in [-0.15, -0.1) is 0 Å². The molecule has 1 saturated carbocycles. The van der Waals surface area contributed by atoms with E-state index in [9.17, 15) is 0 Å². The first-order valence-corrected chi connectivity index (χ1v) is 7.90. The molecule has 0 aromatic heterocycles. The molecule has 3 heteroatoms. The molecule has 1 N–H and O–H groups in total. The average Bonchev–Trinajstić information content (AvgIpc) is 3.27. The number of benzene rings is 1. The molecule has 0 aliphatic heterocycles. The number of ether oxygens (including phenoxy) is 2. The van der Waals surface area contributed by atoms with Crippen LogP contribution in [-0.2, 0) is 0 Å². The van der Waals surface area contributed by atoms with E-state index in [1.165, 1.54) is 18.4 Å². The molecule has 0 heterocycles. The Balaban J connectivity index is 2.08. The van der Waals surface area contributed by atoms with Gasteiger partial charge in [0.2, 0.25) is 0 Å². The van der Waals surface area contributed by atoms with Gasteiger partial charge in [-0.05, 0) is 50.3 Å². The van der Waals surface area contributed by atoms with Gasteiger partial charge in [0.25, 0.3) is 0 Å². The van der Waals surface area contributed by atoms with Crippen LogP contribution in [0.15, 0.2) is 18.2 Å². The minimum atomic E-state index is 0.367. The van der Waals surface area contributed by atoms with Gasteiger partial charge >= 0.3 is 0 Å². The fourth-order valence-corrected chi connectivity index (χ4v) is 2.15. The van der Waals surface area contributed by atoms with E-state index in [1.54, 1.807) is 0 Å². The normalized spacial score (nSPS) is 15.9. The van der Waals surface area contributed by atoms with E-state index < -0.39 is 0 Å². The second kappa shape index (κ2) is 7.53. The second-order valence-electron chi connectivity index (χ2n) is 5.57. The van der Waals surface area contributed by atoms with Gasteiger partial charge in [-0.25, -0.2) is 0 Å². The van der Waals surface area contributed by atoms with Crippen LogP contribution in [0.4, 0.5) is 0 Å². The standard InChI is InChI=1S/C17H27NO2/c1-4-10-19-16-9-6-14(12-17(16)20-11-5-2)13(3)18-15-7-8-15/h6,9,12-13,15,18H,4-5,7-8,10-11H2,1-3H3. The van der Waals surface area contributed by atoms with Crippen LogP contribution in [0, 0.1) is 0 Å². The van der Waals surface area contributed by atoms with Gasteiger partial charge in [-0.2, -0.15) is 0 Å². The fraction of sp³-hybridized carbons (Fsp3) is 0.647. The predicted molar refractivity (Wildman–Crippen MR) is 82.6 cm³/mol. The van der Waals surface area contributed by atoms with E-state index in [2.05, 4.69) is 38.2 Å². The van der Waals surface area contributed by atoms with E-state index in [-0.39, 0.29) is 0 Å². The van der Waals surface area contributed by atoms with Crippen molar-refractivity contribution in [2.24, 2.45) is 0 Å². The molecule has 0 amide bonds. The molecule has 112 valence electrons. The summed E-state index contributed by atoms with van der Waals surface area (Å²) < 4.78 is 11.6. The monoisotopic (exact) mass is 277 g/mol. The minimum absolute atomic E-state index is 0.367. The highest BCUT2D eigenvalue weighted by Crippen LogP contribution is 2.32. The van der Waals surface area contributed by atoms with Crippen molar-refractivity contribution >= 4 is 0 Å². The number of nitrogens with one attached hydrogen (secondary N) is 1. The lowest BCUT2D eigenvalue weighted by Crippen LogP contribution is -2.20. The molecular weight excluding hydrogens is 250 g/mol. The Labute approximate surface area is 122 Å². The molecule has 1 aromatic carbocycles. The van der Waals surface area contributed by atoms with Crippen molar-refractivity contribution in [3.63, 3.8) is 0 Å². The topological polar surface area (TPSA) is 30.5 Å². The summed E-state index contributed by atoms with van der Waals surface area (Å²) in [5.74, 6) is 1.74. The van der Waals surface area contributed by atoms with Crippen molar-refractivity contribution in [3.8, 4) is 11.5 Å². The molecule has 3 nitrogen and oxygen atoms in total. The Morgan fingerprint density at radius 3 is 2.35 bits per heavy atom. The van der Waals surface area contributed by atoms with Crippen LogP contribution in [0.2, 0.25) is 0 Å². The average molecular weight is 277 g/mol. The van der Waals surface area contributed by atoms with Crippen LogP contribution in [-0.4, -0.2) is 19.3 Å². The third-order valence-electron chi connectivity index (χ3n) is 3.45. The van der Waals surface area contributed by atoms with Crippen molar-refractivity contribution in [2.45, 2.75) is 58.5 Å². The molecule has 1 aliphatic carbocycles. The Hall–Kier alpha value is -1.22. The zero-order valence-electron chi connectivity index (χ0n) is 12.9. The van der Waals surface area contributed by atoms with E-state index in [1.807, 2.05) is 6.07 Å². The van der Waals surface area contributed by atoms with Gasteiger partial charge in [0.05, 0.1) is 13.2 Å². The third-order valence-corrected chi connectivity index (χ3v) is 3.45. The number of hydrogen-bond donors (Lipinski definition) is 1. The Kier molecular flexibility index (Phi) is 5.72. The first kappa shape index (κ1) is 15.2. The van der Waals surface area contributed by atoms with Crippen molar-refractivity contribution in [1.29, 1.82) is 0 Å². The quantitative estimate of drug-likeness (QED) is 0.738. The van der Waals surface area contributed by atoms with Crippen LogP contribution in [0.5, 0.6) is 11.5 Å². The highest BCUT2D eigenvalue weighted by molar-refractivity contribution is 5.44. The maximum absolute atomic E-state index is 5.84. The predicted octanol–water partition coefficient (Wildman–Crippen LogP) is 4.08. The number of hydrogen-bond acceptors (Lipinski definition) is 3. The summed E-state index contributed by atoms with van der Waals surface area (Å²) in [6, 6.07) is 7.39. The van der Waals surface area contributed by atoms with Crippen molar-refractivity contribution in [1.82, 2.24) is 5.32 Å². The lowest BCUT2D eigenvalue weighted by atomic mass is 10.1. The first-order valence-electron chi connectivity index (χ1n) is 7.90. The molecule has 0 saturated heterocycles. The molecule has 0 spiro atoms. The smallest absolute Gasteiger partial charge is 0.161 e. The largest absolute Gasteiger partial charge is 0.490 e. The molecule has 2 rings (SSSR count). The molecule has 1 aliphatic rings. The SMILES string of the molecule is CCCOc1ccc(C(C)NC2CC2)cc1OCCC. The highest BCUT2D eigenvalue weighted by atomic mass is 16.5. The van der Waals surface area contributed by atoms with E-state index >= 15 is 0 Å². The molecule has 20 heavy (non-hydrogen) atoms. The highest BCUT2D eigenvalue weighted by Gasteiger charge is 2.23. The lowest BCUT2D eigenvalue weighted by Gasteiger charge is -2.17. The van der Waals surface area contributed by atoms with Crippen molar-refractivity contribution in [3.05, 3.63) is 23.8 Å². The van der Waals surface area contributed by atoms with Gasteiger partial charge < -0.3 is 14.8 Å². The zero-order valence-corrected chi connectivity index (χ0v) is 12.9. The number of rotatable bonds is 9. The van der Waals surface area contributed by atoms with Crippen molar-refractivity contribution < 1.29 is 9.47 Å². The van der Waals surface area contributed by atoms with Gasteiger partial charge in [-0.1, -0.05) is 19.9 Å². The summed E-state index contributed by atoms with van der Waals surface area (Å²) in [6.07, 6.45) is 4.63. The summed E-state index contributed by atoms with van der Waals surface area (Å²) in [5, 5.41) is 3.62. The van der Waals surface area contributed by atoms with Gasteiger partial charge in [-0.3, -0.25) is 0 Å². The molecule has 0 bridgehead atoms. The Morgan fingerprint density at radius 2 is 1.75 bits per heavy atom. The third kappa shape index (κ3) is 4.41. The summed E-state index contributed by atoms with van der Waals surface area (Å²) in [5.41, 5.74) is 1.27. The van der Waals surface area contributed by atoms with Crippen LogP contribution < -0.4 is 14.8 Å². The first-order chi connectivity index (χ1) is 9.74. The Bertz CT molecular complexity index is 415. The van der Waals surface area contributed by atoms with Crippen LogP contribution >= 0.6 is 0 Å². The Morgan fingerprint density at radius 1 is 1.10 bits per heavy atom. The van der Waals surface area contributed by atoms with E-state index in [0.717, 1.165) is 37.6 Å². The minimum Gasteiger partial charge on any atom is -0.490 e. The van der Waals surface area contributed by atoms with E-state index in [4.69, 9.17) is 9.47 Å². The maximum atomic E-state index is 5.84. The van der Waals surface area contributed by atoms with Crippen LogP contribution in [0.25, 0.3) is 0 Å². The summed E-state index contributed by atoms with van der Waals surface area (Å²) in [6.45, 7) is 7.91. The van der Waals surface area contributed by atoms with Gasteiger partial charge in [0.15, 0.2) is 11.5 Å². The molecule has 1 unspecified atom stereocenters. The van der Waals surface area contributed by atoms with Gasteiger partial charge in [0, 0.05) is 12.1 Å². The summed E-state index contributed by atoms with van der Waals surface area (Å²) in [7, 11) is 0. The van der Waals surface area contributed by atoms with Crippen LogP contribution in [0.1, 0.15) is 58.1 Å². The summed E-state index contributed by atoms with van der Waals surface area (Å²) in [4.78, 5) is 0. The van der Waals surface area contributed by atoms with E-state index in [0.29, 0.717) is 12.1 Å². The molecule has 0 radical (unpaired) electrons. The van der Waals surface area contributed by atoms with Crippen molar-refractivity contribution in [2.75, 3.05) is 13.2 Å². The van der Waals surface area contributed by atoms with Crippen LogP contribution in [0.3, 0.4) is 0 Å². The molecule has 1 fully saturated rings. The van der Waals surface area contributed by atoms with Gasteiger partial charge in [0.1, 0.15) is 0 Å². The molecule has 1 atom stereocenters. The second-order valence-corrected chi connectivity index (χ2v) is 5.57. The summed E-state index contributed by atoms with van der Waals surface area (Å²) >= 11 is 0. The zero-order chi connectivity index (χ0) is 14.4. The molecule has 1 aromatic rings. The lowest BCUT2D eigenvalue weighted by molar-refractivity contribution is 0.268. The molecular formula is C17H27NO2. The maximum Gasteiger partial charge on any atom is 0.161 e.